The van der Waals surface area contributed by atoms with Crippen molar-refractivity contribution in [2.75, 3.05) is 23.4 Å². The van der Waals surface area contributed by atoms with Gasteiger partial charge in [0.2, 0.25) is 16.9 Å². The molecule has 0 bridgehead atoms. The van der Waals surface area contributed by atoms with Gasteiger partial charge in [0.05, 0.1) is 4.92 Å². The van der Waals surface area contributed by atoms with Crippen molar-refractivity contribution in [3.8, 4) is 0 Å². The predicted octanol–water partition coefficient (Wildman–Crippen LogP) is 2.22. The van der Waals surface area contributed by atoms with Crippen LogP contribution < -0.4 is 10.2 Å². The Morgan fingerprint density at radius 1 is 1.39 bits per heavy atom. The molecule has 0 saturated carbocycles. The fourth-order valence-electron chi connectivity index (χ4n) is 3.32. The maximum atomic E-state index is 12.4. The fraction of sp³-hybridized carbons (Fsp3) is 0.412. The number of hydrogen-bond acceptors (Lipinski definition) is 8. The first-order valence-corrected chi connectivity index (χ1v) is 9.65. The lowest BCUT2D eigenvalue weighted by atomic mass is 10.0. The van der Waals surface area contributed by atoms with Crippen LogP contribution >= 0.6 is 11.3 Å². The van der Waals surface area contributed by atoms with E-state index in [0.29, 0.717) is 29.4 Å². The number of aromatic nitrogens is 2. The molecule has 0 radical (unpaired) electrons. The molecule has 1 N–H and O–H groups in total. The van der Waals surface area contributed by atoms with Gasteiger partial charge in [-0.3, -0.25) is 25.0 Å². The molecule has 4 rings (SSSR count). The Morgan fingerprint density at radius 2 is 2.25 bits per heavy atom. The molecule has 2 aliphatic heterocycles. The smallest absolute Gasteiger partial charge is 0.269 e. The quantitative estimate of drug-likeness (QED) is 0.599. The van der Waals surface area contributed by atoms with E-state index in [2.05, 4.69) is 15.5 Å². The van der Waals surface area contributed by atoms with Crippen molar-refractivity contribution in [2.45, 2.75) is 31.8 Å². The molecule has 0 spiro atoms. The maximum Gasteiger partial charge on any atom is 0.269 e. The summed E-state index contributed by atoms with van der Waals surface area (Å²) in [4.78, 5) is 36.6. The van der Waals surface area contributed by atoms with Crippen LogP contribution in [-0.2, 0) is 20.7 Å². The van der Waals surface area contributed by atoms with Gasteiger partial charge >= 0.3 is 0 Å². The Morgan fingerprint density at radius 3 is 3.00 bits per heavy atom. The van der Waals surface area contributed by atoms with Crippen molar-refractivity contribution in [1.82, 2.24) is 10.2 Å². The van der Waals surface area contributed by atoms with Crippen LogP contribution in [0.3, 0.4) is 0 Å². The van der Waals surface area contributed by atoms with Crippen LogP contribution in [0.25, 0.3) is 0 Å². The lowest BCUT2D eigenvalue weighted by molar-refractivity contribution is -0.384. The largest absolute Gasteiger partial charge is 0.371 e. The Labute approximate surface area is 163 Å². The highest BCUT2D eigenvalue weighted by Gasteiger charge is 2.28. The zero-order valence-corrected chi connectivity index (χ0v) is 15.6. The summed E-state index contributed by atoms with van der Waals surface area (Å²) in [5.41, 5.74) is 1.17. The third-order valence-electron chi connectivity index (χ3n) is 4.67. The minimum Gasteiger partial charge on any atom is -0.371 e. The van der Waals surface area contributed by atoms with Crippen molar-refractivity contribution < 1.29 is 19.2 Å². The van der Waals surface area contributed by atoms with Crippen molar-refractivity contribution in [2.24, 2.45) is 0 Å². The summed E-state index contributed by atoms with van der Waals surface area (Å²) in [5, 5.41) is 22.7. The number of nitrogens with zero attached hydrogens (tertiary/aromatic N) is 4. The molecule has 2 aromatic rings. The summed E-state index contributed by atoms with van der Waals surface area (Å²) in [5.74, 6) is -0.608. The Kier molecular flexibility index (Phi) is 5.01. The molecule has 1 saturated heterocycles. The van der Waals surface area contributed by atoms with Gasteiger partial charge in [0.25, 0.3) is 5.69 Å². The monoisotopic (exact) mass is 403 g/mol. The number of carbonyl (C=O) groups excluding carboxylic acids is 2. The van der Waals surface area contributed by atoms with Crippen LogP contribution in [0.1, 0.15) is 35.9 Å². The highest BCUT2D eigenvalue weighted by Crippen LogP contribution is 2.33. The number of benzene rings is 1. The van der Waals surface area contributed by atoms with E-state index in [4.69, 9.17) is 4.74 Å². The van der Waals surface area contributed by atoms with Crippen molar-refractivity contribution in [1.29, 1.82) is 0 Å². The van der Waals surface area contributed by atoms with E-state index in [1.807, 2.05) is 0 Å². The second kappa shape index (κ2) is 7.60. The highest BCUT2D eigenvalue weighted by molar-refractivity contribution is 7.15. The van der Waals surface area contributed by atoms with Gasteiger partial charge < -0.3 is 9.64 Å². The minimum atomic E-state index is -0.477. The summed E-state index contributed by atoms with van der Waals surface area (Å²) < 4.78 is 5.55. The van der Waals surface area contributed by atoms with Gasteiger partial charge in [0.1, 0.15) is 17.7 Å². The van der Waals surface area contributed by atoms with E-state index in [1.165, 1.54) is 34.4 Å². The van der Waals surface area contributed by atoms with E-state index in [1.54, 1.807) is 0 Å². The van der Waals surface area contributed by atoms with Gasteiger partial charge in [-0.05, 0) is 30.9 Å². The number of nitro groups is 1. The lowest BCUT2D eigenvalue weighted by Gasteiger charge is -2.28. The van der Waals surface area contributed by atoms with Gasteiger partial charge in [0, 0.05) is 30.8 Å². The SMILES string of the molecule is O=C(CN1C(=O)CCc2cc([N+](=O)[O-])ccc21)Nc1nnc(C2CCCO2)s1. The standard InChI is InChI=1S/C17H17N5O5S/c23-14(18-17-20-19-16(28-17)13-2-1-7-27-13)9-21-12-5-4-11(22(25)26)8-10(12)3-6-15(21)24/h4-5,8,13H,1-3,6-7,9H2,(H,18,20,23). The molecule has 146 valence electrons. The molecular formula is C17H17N5O5S. The topological polar surface area (TPSA) is 128 Å². The highest BCUT2D eigenvalue weighted by atomic mass is 32.1. The molecular weight excluding hydrogens is 386 g/mol. The molecule has 3 heterocycles. The number of aryl methyl sites for hydroxylation is 1. The molecule has 0 aliphatic carbocycles. The second-order valence-corrected chi connectivity index (χ2v) is 7.55. The van der Waals surface area contributed by atoms with Gasteiger partial charge in [0.15, 0.2) is 0 Å². The van der Waals surface area contributed by atoms with Crippen molar-refractivity contribution >= 4 is 39.7 Å². The van der Waals surface area contributed by atoms with Crippen LogP contribution in [0, 0.1) is 10.1 Å². The van der Waals surface area contributed by atoms with Crippen LogP contribution in [0.4, 0.5) is 16.5 Å². The number of hydrogen-bond donors (Lipinski definition) is 1. The molecule has 1 atom stereocenters. The van der Waals surface area contributed by atoms with Crippen LogP contribution in [0.5, 0.6) is 0 Å². The Hall–Kier alpha value is -2.92. The molecule has 1 fully saturated rings. The van der Waals surface area contributed by atoms with Gasteiger partial charge in [-0.15, -0.1) is 10.2 Å². The number of nitro benzene ring substituents is 1. The number of rotatable bonds is 5. The second-order valence-electron chi connectivity index (χ2n) is 6.55. The summed E-state index contributed by atoms with van der Waals surface area (Å²) >= 11 is 1.25. The van der Waals surface area contributed by atoms with E-state index in [0.717, 1.165) is 17.8 Å². The number of nitrogens with one attached hydrogen (secondary N) is 1. The Bertz CT molecular complexity index is 940. The summed E-state index contributed by atoms with van der Waals surface area (Å²) in [6.07, 6.45) is 2.39. The number of carbonyl (C=O) groups is 2. The number of fused-ring (bicyclic) bond motifs is 1. The Balaban J connectivity index is 1.45. The number of ether oxygens (including phenoxy) is 1. The fourth-order valence-corrected chi connectivity index (χ4v) is 4.17. The normalized spacial score (nSPS) is 18.8. The molecule has 2 amide bonds. The molecule has 1 aromatic carbocycles. The zero-order chi connectivity index (χ0) is 19.7. The van der Waals surface area contributed by atoms with E-state index >= 15 is 0 Å². The summed E-state index contributed by atoms with van der Waals surface area (Å²) in [6.45, 7) is 0.499. The zero-order valence-electron chi connectivity index (χ0n) is 14.8. The first-order valence-electron chi connectivity index (χ1n) is 8.84. The van der Waals surface area contributed by atoms with Gasteiger partial charge in [-0.1, -0.05) is 11.3 Å². The summed E-state index contributed by atoms with van der Waals surface area (Å²) in [7, 11) is 0. The lowest BCUT2D eigenvalue weighted by Crippen LogP contribution is -2.40. The molecule has 10 nitrogen and oxygen atoms in total. The third-order valence-corrected chi connectivity index (χ3v) is 5.60. The van der Waals surface area contributed by atoms with Gasteiger partial charge in [-0.2, -0.15) is 0 Å². The number of non-ortho nitro benzene ring substituents is 1. The number of amides is 2. The third kappa shape index (κ3) is 3.71. The van der Waals surface area contributed by atoms with Crippen LogP contribution in [-0.4, -0.2) is 40.1 Å². The molecule has 1 unspecified atom stereocenters. The molecule has 11 heteroatoms. The molecule has 1 aromatic heterocycles. The van der Waals surface area contributed by atoms with E-state index in [-0.39, 0.29) is 30.7 Å². The van der Waals surface area contributed by atoms with Crippen LogP contribution in [0.15, 0.2) is 18.2 Å². The first kappa shape index (κ1) is 18.4. The average Bonchev–Trinajstić information content (AvgIpc) is 3.35. The van der Waals surface area contributed by atoms with Gasteiger partial charge in [-0.25, -0.2) is 0 Å². The van der Waals surface area contributed by atoms with Crippen molar-refractivity contribution in [3.63, 3.8) is 0 Å². The van der Waals surface area contributed by atoms with Crippen LogP contribution in [0.2, 0.25) is 0 Å². The number of anilines is 2. The average molecular weight is 403 g/mol. The summed E-state index contributed by atoms with van der Waals surface area (Å²) in [6, 6.07) is 4.30. The van der Waals surface area contributed by atoms with Crippen molar-refractivity contribution in [3.05, 3.63) is 38.9 Å². The van der Waals surface area contributed by atoms with E-state index in [9.17, 15) is 19.7 Å². The molecule has 28 heavy (non-hydrogen) atoms. The predicted molar refractivity (Wildman–Crippen MR) is 100 cm³/mol. The minimum absolute atomic E-state index is 0.0342. The van der Waals surface area contributed by atoms with E-state index < -0.39 is 10.8 Å². The maximum absolute atomic E-state index is 12.4. The first-order chi connectivity index (χ1) is 13.5. The molecule has 2 aliphatic rings.